The van der Waals surface area contributed by atoms with Gasteiger partial charge < -0.3 is 24.5 Å². The molecule has 3 rings (SSSR count). The Labute approximate surface area is 128 Å². The maximum absolute atomic E-state index is 11.9. The molecule has 1 saturated heterocycles. The van der Waals surface area contributed by atoms with Crippen LogP contribution in [0.3, 0.4) is 0 Å². The van der Waals surface area contributed by atoms with E-state index in [-0.39, 0.29) is 5.91 Å². The molecule has 1 aliphatic heterocycles. The molecule has 0 saturated carbocycles. The van der Waals surface area contributed by atoms with E-state index in [4.69, 9.17) is 14.2 Å². The van der Waals surface area contributed by atoms with E-state index in [0.717, 1.165) is 22.6 Å². The monoisotopic (exact) mass is 305 g/mol. The standard InChI is InChI=1S/C15H19N3O4/c1-20-10-2-3-11-12(8-10)18-14(17-11)4-5-16-15(19)13-9-21-6-7-22-13/h2-3,8,13H,4-7,9H2,1H3,(H,16,19)(H,17,18)/t13-/m1/s1. The Morgan fingerprint density at radius 2 is 2.41 bits per heavy atom. The van der Waals surface area contributed by atoms with E-state index in [1.807, 2.05) is 18.2 Å². The fraction of sp³-hybridized carbons (Fsp3) is 0.467. The Morgan fingerprint density at radius 1 is 1.50 bits per heavy atom. The number of imidazole rings is 1. The zero-order valence-corrected chi connectivity index (χ0v) is 12.4. The summed E-state index contributed by atoms with van der Waals surface area (Å²) >= 11 is 0. The van der Waals surface area contributed by atoms with Crippen LogP contribution < -0.4 is 10.1 Å². The summed E-state index contributed by atoms with van der Waals surface area (Å²) in [5, 5.41) is 2.84. The first kappa shape index (κ1) is 14.8. The lowest BCUT2D eigenvalue weighted by atomic mass is 10.3. The minimum atomic E-state index is -0.506. The number of amides is 1. The van der Waals surface area contributed by atoms with Gasteiger partial charge in [-0.05, 0) is 12.1 Å². The molecule has 0 bridgehead atoms. The van der Waals surface area contributed by atoms with Crippen molar-refractivity contribution < 1.29 is 19.0 Å². The quantitative estimate of drug-likeness (QED) is 0.847. The van der Waals surface area contributed by atoms with Crippen molar-refractivity contribution in [2.75, 3.05) is 33.5 Å². The highest BCUT2D eigenvalue weighted by Crippen LogP contribution is 2.18. The molecule has 0 aliphatic carbocycles. The molecule has 118 valence electrons. The van der Waals surface area contributed by atoms with Crippen LogP contribution in [0, 0.1) is 0 Å². The van der Waals surface area contributed by atoms with Crippen LogP contribution in [0.4, 0.5) is 0 Å². The van der Waals surface area contributed by atoms with Crippen molar-refractivity contribution in [3.63, 3.8) is 0 Å². The highest BCUT2D eigenvalue weighted by molar-refractivity contribution is 5.81. The van der Waals surface area contributed by atoms with Gasteiger partial charge in [0.05, 0.1) is 38.0 Å². The number of aromatic nitrogens is 2. The summed E-state index contributed by atoms with van der Waals surface area (Å²) in [5.41, 5.74) is 1.80. The smallest absolute Gasteiger partial charge is 0.251 e. The third-order valence-corrected chi connectivity index (χ3v) is 3.51. The molecule has 1 aromatic carbocycles. The molecular weight excluding hydrogens is 286 g/mol. The summed E-state index contributed by atoms with van der Waals surface area (Å²) in [6, 6.07) is 5.67. The van der Waals surface area contributed by atoms with Gasteiger partial charge in [-0.1, -0.05) is 0 Å². The largest absolute Gasteiger partial charge is 0.497 e. The minimum Gasteiger partial charge on any atom is -0.497 e. The molecule has 0 unspecified atom stereocenters. The van der Waals surface area contributed by atoms with Gasteiger partial charge in [-0.3, -0.25) is 4.79 Å². The van der Waals surface area contributed by atoms with Crippen molar-refractivity contribution in [2.45, 2.75) is 12.5 Å². The molecule has 2 N–H and O–H groups in total. The van der Waals surface area contributed by atoms with Crippen LogP contribution in [-0.2, 0) is 20.7 Å². The van der Waals surface area contributed by atoms with E-state index < -0.39 is 6.10 Å². The van der Waals surface area contributed by atoms with Crippen LogP contribution in [0.1, 0.15) is 5.82 Å². The second kappa shape index (κ2) is 6.76. The molecule has 1 atom stereocenters. The lowest BCUT2D eigenvalue weighted by Gasteiger charge is -2.21. The van der Waals surface area contributed by atoms with E-state index in [9.17, 15) is 4.79 Å². The number of hydrogen-bond donors (Lipinski definition) is 2. The van der Waals surface area contributed by atoms with Gasteiger partial charge in [0.25, 0.3) is 5.91 Å². The molecular formula is C15H19N3O4. The summed E-state index contributed by atoms with van der Waals surface area (Å²) in [7, 11) is 1.63. The average Bonchev–Trinajstić information content (AvgIpc) is 2.97. The zero-order chi connectivity index (χ0) is 15.4. The molecule has 7 nitrogen and oxygen atoms in total. The predicted octanol–water partition coefficient (Wildman–Crippen LogP) is 0.646. The number of rotatable bonds is 5. The Kier molecular flexibility index (Phi) is 4.55. The summed E-state index contributed by atoms with van der Waals surface area (Å²) in [6.45, 7) is 1.82. The molecule has 1 aliphatic rings. The average molecular weight is 305 g/mol. The normalized spacial score (nSPS) is 18.3. The van der Waals surface area contributed by atoms with Crippen molar-refractivity contribution in [3.8, 4) is 5.75 Å². The molecule has 2 heterocycles. The van der Waals surface area contributed by atoms with Gasteiger partial charge >= 0.3 is 0 Å². The molecule has 1 aromatic heterocycles. The number of ether oxygens (including phenoxy) is 3. The van der Waals surface area contributed by atoms with E-state index in [0.29, 0.717) is 32.8 Å². The summed E-state index contributed by atoms with van der Waals surface area (Å²) < 4.78 is 15.7. The Morgan fingerprint density at radius 3 is 3.18 bits per heavy atom. The number of nitrogens with zero attached hydrogens (tertiary/aromatic N) is 1. The summed E-state index contributed by atoms with van der Waals surface area (Å²) in [6.07, 6.45) is 0.115. The lowest BCUT2D eigenvalue weighted by molar-refractivity contribution is -0.147. The molecule has 7 heteroatoms. The highest BCUT2D eigenvalue weighted by Gasteiger charge is 2.22. The van der Waals surface area contributed by atoms with Crippen LogP contribution in [0.2, 0.25) is 0 Å². The Hall–Kier alpha value is -2.12. The second-order valence-corrected chi connectivity index (χ2v) is 5.04. The first-order valence-corrected chi connectivity index (χ1v) is 7.26. The van der Waals surface area contributed by atoms with Gasteiger partial charge in [-0.2, -0.15) is 0 Å². The van der Waals surface area contributed by atoms with Gasteiger partial charge in [0.15, 0.2) is 6.10 Å². The number of H-pyrrole nitrogens is 1. The molecule has 0 spiro atoms. The van der Waals surface area contributed by atoms with Crippen molar-refractivity contribution >= 4 is 16.9 Å². The van der Waals surface area contributed by atoms with Crippen molar-refractivity contribution in [3.05, 3.63) is 24.0 Å². The Balaban J connectivity index is 1.53. The third-order valence-electron chi connectivity index (χ3n) is 3.51. The Bertz CT molecular complexity index is 649. The third kappa shape index (κ3) is 3.37. The molecule has 0 radical (unpaired) electrons. The van der Waals surface area contributed by atoms with Crippen LogP contribution in [0.5, 0.6) is 5.75 Å². The lowest BCUT2D eigenvalue weighted by Crippen LogP contribution is -2.43. The number of benzene rings is 1. The van der Waals surface area contributed by atoms with Gasteiger partial charge in [0.1, 0.15) is 11.6 Å². The van der Waals surface area contributed by atoms with E-state index >= 15 is 0 Å². The zero-order valence-electron chi connectivity index (χ0n) is 12.4. The van der Waals surface area contributed by atoms with Gasteiger partial charge in [-0.25, -0.2) is 4.98 Å². The number of carbonyl (C=O) groups is 1. The topological polar surface area (TPSA) is 85.5 Å². The fourth-order valence-corrected chi connectivity index (χ4v) is 2.34. The predicted molar refractivity (Wildman–Crippen MR) is 79.9 cm³/mol. The molecule has 2 aromatic rings. The van der Waals surface area contributed by atoms with Gasteiger partial charge in [0, 0.05) is 19.0 Å². The summed E-state index contributed by atoms with van der Waals surface area (Å²) in [4.78, 5) is 19.6. The fourth-order valence-electron chi connectivity index (χ4n) is 2.34. The molecule has 22 heavy (non-hydrogen) atoms. The van der Waals surface area contributed by atoms with Crippen LogP contribution in [-0.4, -0.2) is 55.5 Å². The SMILES string of the molecule is COc1ccc2nc(CCNC(=O)[C@H]3COCCO3)[nH]c2c1. The van der Waals surface area contributed by atoms with Crippen LogP contribution in [0.15, 0.2) is 18.2 Å². The summed E-state index contributed by atoms with van der Waals surface area (Å²) in [5.74, 6) is 1.47. The van der Waals surface area contributed by atoms with Crippen LogP contribution in [0.25, 0.3) is 11.0 Å². The minimum absolute atomic E-state index is 0.141. The number of methoxy groups -OCH3 is 1. The van der Waals surface area contributed by atoms with E-state index in [1.165, 1.54) is 0 Å². The first-order valence-electron chi connectivity index (χ1n) is 7.26. The van der Waals surface area contributed by atoms with Crippen LogP contribution >= 0.6 is 0 Å². The second-order valence-electron chi connectivity index (χ2n) is 5.04. The first-order chi connectivity index (χ1) is 10.8. The maximum atomic E-state index is 11.9. The number of carbonyl (C=O) groups excluding carboxylic acids is 1. The van der Waals surface area contributed by atoms with Crippen molar-refractivity contribution in [1.29, 1.82) is 0 Å². The maximum Gasteiger partial charge on any atom is 0.251 e. The molecule has 1 fully saturated rings. The number of aromatic amines is 1. The highest BCUT2D eigenvalue weighted by atomic mass is 16.6. The van der Waals surface area contributed by atoms with Crippen molar-refractivity contribution in [1.82, 2.24) is 15.3 Å². The number of fused-ring (bicyclic) bond motifs is 1. The molecule has 1 amide bonds. The van der Waals surface area contributed by atoms with E-state index in [1.54, 1.807) is 7.11 Å². The van der Waals surface area contributed by atoms with Gasteiger partial charge in [0.2, 0.25) is 0 Å². The number of nitrogens with one attached hydrogen (secondary N) is 2. The number of hydrogen-bond acceptors (Lipinski definition) is 5. The van der Waals surface area contributed by atoms with E-state index in [2.05, 4.69) is 15.3 Å². The van der Waals surface area contributed by atoms with Gasteiger partial charge in [-0.15, -0.1) is 0 Å². The van der Waals surface area contributed by atoms with Crippen molar-refractivity contribution in [2.24, 2.45) is 0 Å².